The fraction of sp³-hybridized carbons (Fsp3) is 0.345. The first-order valence-electron chi connectivity index (χ1n) is 12.8. The van der Waals surface area contributed by atoms with Gasteiger partial charge in [0.05, 0.1) is 31.6 Å². The molecule has 1 amide bonds. The molecule has 1 aliphatic rings. The molecule has 3 aromatic rings. The fourth-order valence-electron chi connectivity index (χ4n) is 4.53. The van der Waals surface area contributed by atoms with E-state index in [0.29, 0.717) is 42.8 Å². The summed E-state index contributed by atoms with van der Waals surface area (Å²) in [6.45, 7) is 1.12. The summed E-state index contributed by atoms with van der Waals surface area (Å²) in [5.74, 6) is -0.843. The molecule has 1 aromatic heterocycles. The Morgan fingerprint density at radius 1 is 1.10 bits per heavy atom. The molecule has 11 heteroatoms. The van der Waals surface area contributed by atoms with Crippen molar-refractivity contribution in [3.05, 3.63) is 94.6 Å². The Balaban J connectivity index is 1.48. The number of pyridine rings is 1. The molecule has 2 heterocycles. The van der Waals surface area contributed by atoms with Crippen molar-refractivity contribution in [2.45, 2.75) is 38.5 Å². The number of carbonyl (C=O) groups excluding carboxylic acids is 2. The van der Waals surface area contributed by atoms with Gasteiger partial charge in [-0.15, -0.1) is 0 Å². The van der Waals surface area contributed by atoms with Gasteiger partial charge in [-0.2, -0.15) is 17.9 Å². The van der Waals surface area contributed by atoms with E-state index in [1.54, 1.807) is 29.2 Å². The molecule has 40 heavy (non-hydrogen) atoms. The highest BCUT2D eigenvalue weighted by Crippen LogP contribution is 2.31. The van der Waals surface area contributed by atoms with Gasteiger partial charge >= 0.3 is 12.1 Å². The lowest BCUT2D eigenvalue weighted by molar-refractivity contribution is -0.147. The molecule has 0 saturated carbocycles. The molecule has 0 radical (unpaired) electrons. The van der Waals surface area contributed by atoms with Gasteiger partial charge in [-0.3, -0.25) is 14.6 Å². The quantitative estimate of drug-likeness (QED) is 0.240. The maximum atomic E-state index is 13.4. The van der Waals surface area contributed by atoms with E-state index in [1.165, 1.54) is 25.4 Å². The van der Waals surface area contributed by atoms with Crippen LogP contribution in [-0.4, -0.2) is 47.0 Å². The van der Waals surface area contributed by atoms with E-state index in [2.05, 4.69) is 4.99 Å². The van der Waals surface area contributed by atoms with E-state index in [9.17, 15) is 28.0 Å². The Labute approximate surface area is 229 Å². The number of ether oxygens (including phenoxy) is 2. The molecule has 0 bridgehead atoms. The highest BCUT2D eigenvalue weighted by atomic mass is 19.4. The Bertz CT molecular complexity index is 1400. The number of esters is 1. The number of fused-ring (bicyclic) bond motifs is 1. The molecule has 0 saturated heterocycles. The molecule has 0 aliphatic carbocycles. The van der Waals surface area contributed by atoms with Gasteiger partial charge in [0.1, 0.15) is 5.75 Å². The smallest absolute Gasteiger partial charge is 0.416 e. The van der Waals surface area contributed by atoms with Crippen molar-refractivity contribution < 1.29 is 37.4 Å². The maximum absolute atomic E-state index is 13.4. The highest BCUT2D eigenvalue weighted by Gasteiger charge is 2.33. The van der Waals surface area contributed by atoms with Crippen LogP contribution in [0, 0.1) is 5.92 Å². The van der Waals surface area contributed by atoms with Crippen LogP contribution in [0.2, 0.25) is 0 Å². The van der Waals surface area contributed by atoms with Gasteiger partial charge in [0.25, 0.3) is 0 Å². The minimum Gasteiger partial charge on any atom is -0.494 e. The summed E-state index contributed by atoms with van der Waals surface area (Å²) in [5, 5.41) is 9.73. The van der Waals surface area contributed by atoms with Crippen LogP contribution in [0.3, 0.4) is 0 Å². The van der Waals surface area contributed by atoms with Crippen molar-refractivity contribution in [2.24, 2.45) is 10.9 Å². The van der Waals surface area contributed by atoms with Crippen molar-refractivity contribution >= 4 is 11.9 Å². The molecule has 2 aromatic carbocycles. The van der Waals surface area contributed by atoms with E-state index in [1.807, 2.05) is 12.1 Å². The van der Waals surface area contributed by atoms with Crippen LogP contribution in [0.4, 0.5) is 13.2 Å². The van der Waals surface area contributed by atoms with Gasteiger partial charge in [-0.1, -0.05) is 24.3 Å². The van der Waals surface area contributed by atoms with Crippen LogP contribution in [0.1, 0.15) is 35.1 Å². The predicted molar refractivity (Wildman–Crippen MR) is 138 cm³/mol. The van der Waals surface area contributed by atoms with Gasteiger partial charge in [0.2, 0.25) is 5.91 Å². The summed E-state index contributed by atoms with van der Waals surface area (Å²) in [6.07, 6.45) is -2.13. The Hall–Kier alpha value is -4.28. The number of alkyl halides is 3. The van der Waals surface area contributed by atoms with E-state index in [0.717, 1.165) is 28.0 Å². The molecule has 1 N–H and O–H groups in total. The third kappa shape index (κ3) is 7.43. The average Bonchev–Trinajstić information content (AvgIpc) is 3.05. The third-order valence-electron chi connectivity index (χ3n) is 6.62. The van der Waals surface area contributed by atoms with Crippen LogP contribution in [0.25, 0.3) is 0 Å². The number of rotatable bonds is 9. The fourth-order valence-corrected chi connectivity index (χ4v) is 4.53. The largest absolute Gasteiger partial charge is 0.494 e. The van der Waals surface area contributed by atoms with Crippen molar-refractivity contribution in [3.63, 3.8) is 0 Å². The van der Waals surface area contributed by atoms with Gasteiger partial charge in [-0.25, -0.2) is 0 Å². The normalized spacial score (nSPS) is 15.9. The average molecular weight is 558 g/mol. The van der Waals surface area contributed by atoms with Crippen LogP contribution < -0.4 is 10.2 Å². The van der Waals surface area contributed by atoms with Crippen molar-refractivity contribution in [2.75, 3.05) is 20.3 Å². The van der Waals surface area contributed by atoms with Crippen LogP contribution in [0.15, 0.2) is 71.9 Å². The molecule has 0 fully saturated rings. The van der Waals surface area contributed by atoms with Crippen LogP contribution >= 0.6 is 0 Å². The monoisotopic (exact) mass is 557 g/mol. The van der Waals surface area contributed by atoms with Gasteiger partial charge in [0.15, 0.2) is 5.49 Å². The zero-order valence-corrected chi connectivity index (χ0v) is 21.9. The second-order valence-electron chi connectivity index (χ2n) is 9.49. The number of amides is 1. The molecule has 0 spiro atoms. The Morgan fingerprint density at radius 2 is 1.88 bits per heavy atom. The van der Waals surface area contributed by atoms with E-state index in [-0.39, 0.29) is 25.4 Å². The lowest BCUT2D eigenvalue weighted by atomic mass is 9.94. The zero-order valence-electron chi connectivity index (χ0n) is 21.9. The summed E-state index contributed by atoms with van der Waals surface area (Å²) in [5.41, 5.74) is 1.94. The molecule has 1 atom stereocenters. The van der Waals surface area contributed by atoms with Gasteiger partial charge in [0, 0.05) is 32.3 Å². The summed E-state index contributed by atoms with van der Waals surface area (Å²) >= 11 is 0. The number of nitrogens with zero attached hydrogens (tertiary/aromatic N) is 3. The molecular weight excluding hydrogens is 527 g/mol. The maximum Gasteiger partial charge on any atom is 0.416 e. The highest BCUT2D eigenvalue weighted by molar-refractivity contribution is 5.84. The van der Waals surface area contributed by atoms with Crippen molar-refractivity contribution in [1.82, 2.24) is 9.63 Å². The first kappa shape index (κ1) is 28.7. The van der Waals surface area contributed by atoms with E-state index < -0.39 is 23.6 Å². The first-order valence-corrected chi connectivity index (χ1v) is 12.8. The zero-order chi connectivity index (χ0) is 28.7. The van der Waals surface area contributed by atoms with Crippen molar-refractivity contribution in [1.29, 1.82) is 0 Å². The lowest BCUT2D eigenvalue weighted by Gasteiger charge is -2.24. The van der Waals surface area contributed by atoms with Crippen LogP contribution in [0.5, 0.6) is 5.75 Å². The summed E-state index contributed by atoms with van der Waals surface area (Å²) in [6, 6.07) is 15.4. The number of methoxy groups -OCH3 is 1. The second kappa shape index (κ2) is 12.7. The number of benzene rings is 2. The molecule has 1 aliphatic heterocycles. The topological polar surface area (TPSA) is 93.4 Å². The molecule has 1 unspecified atom stereocenters. The molecular formula is C29H30F3N3O5. The summed E-state index contributed by atoms with van der Waals surface area (Å²) < 4.78 is 50.6. The number of halogens is 3. The van der Waals surface area contributed by atoms with E-state index in [4.69, 9.17) is 9.47 Å². The SMILES string of the molecule is COC(=O)CC1Cc2ccc(OCCCN=c3ccccn3O)cc2CN(Cc2ccc(C(F)(F)F)cc2)C1=O. The Morgan fingerprint density at radius 3 is 2.58 bits per heavy atom. The molecule has 4 rings (SSSR count). The second-order valence-corrected chi connectivity index (χ2v) is 9.49. The third-order valence-corrected chi connectivity index (χ3v) is 6.62. The minimum absolute atomic E-state index is 0.0883. The Kier molecular flexibility index (Phi) is 9.13. The number of aromatic nitrogens is 1. The van der Waals surface area contributed by atoms with Crippen molar-refractivity contribution in [3.8, 4) is 5.75 Å². The van der Waals surface area contributed by atoms with Crippen LogP contribution in [-0.2, 0) is 40.0 Å². The van der Waals surface area contributed by atoms with Gasteiger partial charge in [-0.05, 0) is 59.5 Å². The summed E-state index contributed by atoms with van der Waals surface area (Å²) in [7, 11) is 1.26. The summed E-state index contributed by atoms with van der Waals surface area (Å²) in [4.78, 5) is 31.4. The molecule has 8 nitrogen and oxygen atoms in total. The number of hydrogen-bond acceptors (Lipinski definition) is 6. The van der Waals surface area contributed by atoms with E-state index >= 15 is 0 Å². The minimum atomic E-state index is -4.45. The number of hydrogen-bond donors (Lipinski definition) is 1. The molecule has 212 valence electrons. The first-order chi connectivity index (χ1) is 19.1. The standard InChI is InChI=1S/C29H30F3N3O5/c1-39-27(36)17-22-15-21-8-11-25(40-14-4-12-33-26-5-2-3-13-35(26)38)16-23(21)19-34(28(22)37)18-20-6-9-24(10-7-20)29(30,31)32/h2-3,5-11,13,16,22,38H,4,12,14-15,17-19H2,1H3. The number of carbonyl (C=O) groups is 2. The predicted octanol–water partition coefficient (Wildman–Crippen LogP) is 4.38. The van der Waals surface area contributed by atoms with Gasteiger partial charge < -0.3 is 19.6 Å². The lowest BCUT2D eigenvalue weighted by Crippen LogP contribution is -2.35.